The van der Waals surface area contributed by atoms with Crippen LogP contribution in [-0.2, 0) is 9.53 Å². The van der Waals surface area contributed by atoms with Gasteiger partial charge in [0.1, 0.15) is 11.6 Å². The van der Waals surface area contributed by atoms with E-state index in [1.807, 2.05) is 30.3 Å². The van der Waals surface area contributed by atoms with Gasteiger partial charge >= 0.3 is 0 Å². The summed E-state index contributed by atoms with van der Waals surface area (Å²) in [5.74, 6) is -0.256. The molecule has 1 aromatic carbocycles. The monoisotopic (exact) mass is 328 g/mol. The topological polar surface area (TPSA) is 68.6 Å². The highest BCUT2D eigenvalue weighted by molar-refractivity contribution is 5.97. The fraction of sp³-hybridized carbons (Fsp3) is 0.444. The van der Waals surface area contributed by atoms with Gasteiger partial charge in [-0.15, -0.1) is 0 Å². The number of morpholine rings is 1. The Hall–Kier alpha value is -2.52. The van der Waals surface area contributed by atoms with Crippen LogP contribution in [-0.4, -0.2) is 50.2 Å². The van der Waals surface area contributed by atoms with Gasteiger partial charge in [0.25, 0.3) is 5.91 Å². The van der Waals surface area contributed by atoms with Crippen LogP contribution >= 0.6 is 0 Å². The number of hydrogen-bond acceptors (Lipinski definition) is 5. The zero-order chi connectivity index (χ0) is 17.4. The largest absolute Gasteiger partial charge is 0.378 e. The molecule has 0 spiro atoms. The van der Waals surface area contributed by atoms with Gasteiger partial charge in [-0.2, -0.15) is 5.26 Å². The summed E-state index contributed by atoms with van der Waals surface area (Å²) in [5.41, 5.74) is 2.09. The number of rotatable bonds is 6. The molecule has 1 N–H and O–H groups in total. The van der Waals surface area contributed by atoms with E-state index in [0.717, 1.165) is 24.5 Å². The molecule has 6 nitrogen and oxygen atoms in total. The van der Waals surface area contributed by atoms with E-state index in [1.54, 1.807) is 4.90 Å². The fourth-order valence-corrected chi connectivity index (χ4v) is 2.59. The molecule has 0 atom stereocenters. The molecule has 0 aliphatic carbocycles. The molecule has 0 saturated carbocycles. The maximum absolute atomic E-state index is 12.3. The molecule has 0 radical (unpaired) electrons. The van der Waals surface area contributed by atoms with Crippen LogP contribution in [0.5, 0.6) is 0 Å². The minimum Gasteiger partial charge on any atom is -0.378 e. The first-order chi connectivity index (χ1) is 11.7. The molecule has 1 aliphatic heterocycles. The second-order valence-electron chi connectivity index (χ2n) is 5.44. The predicted octanol–water partition coefficient (Wildman–Crippen LogP) is 2.21. The van der Waals surface area contributed by atoms with Crippen LogP contribution in [0.3, 0.4) is 0 Å². The molecule has 1 heterocycles. The zero-order valence-corrected chi connectivity index (χ0v) is 14.3. The molecule has 1 aliphatic rings. The lowest BCUT2D eigenvalue weighted by atomic mass is 10.2. The Bertz CT molecular complexity index is 609. The molecule has 1 fully saturated rings. The van der Waals surface area contributed by atoms with Gasteiger partial charge in [0, 0.05) is 43.8 Å². The molecule has 1 aromatic rings. The maximum Gasteiger partial charge on any atom is 0.266 e. The molecule has 1 amide bonds. The summed E-state index contributed by atoms with van der Waals surface area (Å²) in [6.45, 7) is 8.23. The predicted molar refractivity (Wildman–Crippen MR) is 94.7 cm³/mol. The fourth-order valence-electron chi connectivity index (χ4n) is 2.59. The van der Waals surface area contributed by atoms with E-state index >= 15 is 0 Å². The Balaban J connectivity index is 2.02. The summed E-state index contributed by atoms with van der Waals surface area (Å²) >= 11 is 0. The van der Waals surface area contributed by atoms with Crippen molar-refractivity contribution < 1.29 is 9.53 Å². The number of amides is 1. The average molecular weight is 328 g/mol. The molecule has 0 bridgehead atoms. The summed E-state index contributed by atoms with van der Waals surface area (Å²) < 4.78 is 5.23. The minimum absolute atomic E-state index is 0.102. The van der Waals surface area contributed by atoms with Crippen molar-refractivity contribution in [1.82, 2.24) is 4.90 Å². The Morgan fingerprint density at radius 2 is 1.92 bits per heavy atom. The van der Waals surface area contributed by atoms with E-state index in [0.29, 0.717) is 26.3 Å². The van der Waals surface area contributed by atoms with Gasteiger partial charge in [-0.1, -0.05) is 0 Å². The summed E-state index contributed by atoms with van der Waals surface area (Å²) in [6, 6.07) is 9.91. The van der Waals surface area contributed by atoms with E-state index in [1.165, 1.54) is 6.20 Å². The van der Waals surface area contributed by atoms with Crippen molar-refractivity contribution in [3.8, 4) is 6.07 Å². The smallest absolute Gasteiger partial charge is 0.266 e. The lowest BCUT2D eigenvalue weighted by Gasteiger charge is -2.26. The number of benzene rings is 1. The Kier molecular flexibility index (Phi) is 6.64. The third-order valence-corrected chi connectivity index (χ3v) is 4.03. The van der Waals surface area contributed by atoms with Crippen LogP contribution in [0.1, 0.15) is 13.8 Å². The van der Waals surface area contributed by atoms with Gasteiger partial charge < -0.3 is 19.9 Å². The standard InChI is InChI=1S/C18H24N4O2/c1-3-21(4-2)17-7-5-16(6-8-17)20-14-15(13-19)18(23)22-9-11-24-12-10-22/h5-8,14,20H,3-4,9-12H2,1-2H3/b15-14-. The lowest BCUT2D eigenvalue weighted by molar-refractivity contribution is -0.130. The van der Waals surface area contributed by atoms with Gasteiger partial charge in [0.15, 0.2) is 0 Å². The van der Waals surface area contributed by atoms with E-state index in [-0.39, 0.29) is 11.5 Å². The highest BCUT2D eigenvalue weighted by Gasteiger charge is 2.20. The third kappa shape index (κ3) is 4.49. The number of nitriles is 1. The van der Waals surface area contributed by atoms with Crippen LogP contribution in [0, 0.1) is 11.3 Å². The number of nitrogens with one attached hydrogen (secondary N) is 1. The minimum atomic E-state index is -0.256. The maximum atomic E-state index is 12.3. The molecule has 0 unspecified atom stereocenters. The summed E-state index contributed by atoms with van der Waals surface area (Å²) in [5, 5.41) is 12.3. The molecule has 2 rings (SSSR count). The zero-order valence-electron chi connectivity index (χ0n) is 14.3. The van der Waals surface area contributed by atoms with Gasteiger partial charge in [-0.3, -0.25) is 4.79 Å². The normalized spacial score (nSPS) is 14.9. The van der Waals surface area contributed by atoms with E-state index in [2.05, 4.69) is 24.1 Å². The van der Waals surface area contributed by atoms with E-state index in [9.17, 15) is 10.1 Å². The van der Waals surface area contributed by atoms with Crippen molar-refractivity contribution in [2.75, 3.05) is 49.6 Å². The van der Waals surface area contributed by atoms with Crippen LogP contribution in [0.25, 0.3) is 0 Å². The average Bonchev–Trinajstić information content (AvgIpc) is 2.65. The molecule has 0 aromatic heterocycles. The first-order valence-electron chi connectivity index (χ1n) is 8.28. The quantitative estimate of drug-likeness (QED) is 0.640. The molecule has 24 heavy (non-hydrogen) atoms. The SMILES string of the molecule is CCN(CC)c1ccc(N/C=C(/C#N)C(=O)N2CCOCC2)cc1. The molecule has 6 heteroatoms. The lowest BCUT2D eigenvalue weighted by Crippen LogP contribution is -2.41. The van der Waals surface area contributed by atoms with Crippen molar-refractivity contribution in [2.24, 2.45) is 0 Å². The number of carbonyl (C=O) groups is 1. The number of carbonyl (C=O) groups excluding carboxylic acids is 1. The van der Waals surface area contributed by atoms with Crippen molar-refractivity contribution in [2.45, 2.75) is 13.8 Å². The van der Waals surface area contributed by atoms with Crippen LogP contribution in [0.4, 0.5) is 11.4 Å². The van der Waals surface area contributed by atoms with Gasteiger partial charge in [-0.25, -0.2) is 0 Å². The second kappa shape index (κ2) is 8.94. The van der Waals surface area contributed by atoms with Crippen molar-refractivity contribution in [3.63, 3.8) is 0 Å². The van der Waals surface area contributed by atoms with Crippen molar-refractivity contribution in [1.29, 1.82) is 5.26 Å². The number of anilines is 2. The van der Waals surface area contributed by atoms with Crippen LogP contribution < -0.4 is 10.2 Å². The Morgan fingerprint density at radius 3 is 2.46 bits per heavy atom. The molecular weight excluding hydrogens is 304 g/mol. The van der Waals surface area contributed by atoms with Crippen molar-refractivity contribution >= 4 is 17.3 Å². The Morgan fingerprint density at radius 1 is 1.29 bits per heavy atom. The number of nitrogens with zero attached hydrogens (tertiary/aromatic N) is 3. The number of ether oxygens (including phenoxy) is 1. The molecule has 1 saturated heterocycles. The van der Waals surface area contributed by atoms with Gasteiger partial charge in [0.2, 0.25) is 0 Å². The molecule has 128 valence electrons. The van der Waals surface area contributed by atoms with E-state index < -0.39 is 0 Å². The highest BCUT2D eigenvalue weighted by Crippen LogP contribution is 2.18. The summed E-state index contributed by atoms with van der Waals surface area (Å²) in [6.07, 6.45) is 1.48. The highest BCUT2D eigenvalue weighted by atomic mass is 16.5. The first kappa shape index (κ1) is 17.8. The Labute approximate surface area is 143 Å². The van der Waals surface area contributed by atoms with Gasteiger partial charge in [-0.05, 0) is 38.1 Å². The molecular formula is C18H24N4O2. The first-order valence-corrected chi connectivity index (χ1v) is 8.28. The second-order valence-corrected chi connectivity index (χ2v) is 5.44. The number of hydrogen-bond donors (Lipinski definition) is 1. The summed E-state index contributed by atoms with van der Waals surface area (Å²) in [4.78, 5) is 16.2. The van der Waals surface area contributed by atoms with Crippen LogP contribution in [0.2, 0.25) is 0 Å². The summed E-state index contributed by atoms with van der Waals surface area (Å²) in [7, 11) is 0. The third-order valence-electron chi connectivity index (χ3n) is 4.03. The van der Waals surface area contributed by atoms with Gasteiger partial charge in [0.05, 0.1) is 13.2 Å². The van der Waals surface area contributed by atoms with E-state index in [4.69, 9.17) is 4.74 Å². The van der Waals surface area contributed by atoms with Crippen molar-refractivity contribution in [3.05, 3.63) is 36.0 Å². The van der Waals surface area contributed by atoms with Crippen LogP contribution in [0.15, 0.2) is 36.0 Å².